The van der Waals surface area contributed by atoms with Gasteiger partial charge in [0.05, 0.1) is 6.42 Å². The Hall–Kier alpha value is -1.06. The van der Waals surface area contributed by atoms with Crippen molar-refractivity contribution in [2.24, 2.45) is 0 Å². The lowest BCUT2D eigenvalue weighted by Crippen LogP contribution is -2.39. The summed E-state index contributed by atoms with van der Waals surface area (Å²) in [6, 6.07) is 0.229. The van der Waals surface area contributed by atoms with E-state index in [4.69, 9.17) is 4.74 Å². The minimum Gasteiger partial charge on any atom is -0.460 e. The molecule has 0 aliphatic rings. The van der Waals surface area contributed by atoms with Gasteiger partial charge in [-0.2, -0.15) is 0 Å². The highest BCUT2D eigenvalue weighted by Gasteiger charge is 2.21. The molecule has 0 fully saturated rings. The Balaban J connectivity index is 4.35. The van der Waals surface area contributed by atoms with Gasteiger partial charge in [0.25, 0.3) is 0 Å². The molecule has 0 aliphatic heterocycles. The summed E-state index contributed by atoms with van der Waals surface area (Å²) in [6.07, 6.45) is 3.40. The lowest BCUT2D eigenvalue weighted by Gasteiger charge is -2.29. The van der Waals surface area contributed by atoms with E-state index >= 15 is 0 Å². The van der Waals surface area contributed by atoms with Gasteiger partial charge in [0.2, 0.25) is 5.91 Å². The summed E-state index contributed by atoms with van der Waals surface area (Å²) >= 11 is 0. The van der Waals surface area contributed by atoms with Crippen molar-refractivity contribution in [3.05, 3.63) is 0 Å². The first kappa shape index (κ1) is 18.9. The smallest absolute Gasteiger partial charge is 0.306 e. The van der Waals surface area contributed by atoms with Crippen LogP contribution < -0.4 is 0 Å². The highest BCUT2D eigenvalue weighted by atomic mass is 16.6. The molecule has 0 N–H and O–H groups in total. The summed E-state index contributed by atoms with van der Waals surface area (Å²) < 4.78 is 5.23. The number of esters is 1. The maximum absolute atomic E-state index is 12.2. The van der Waals surface area contributed by atoms with Crippen LogP contribution >= 0.6 is 0 Å². The molecule has 0 aromatic rings. The molecule has 4 heteroatoms. The zero-order valence-corrected chi connectivity index (χ0v) is 14.0. The lowest BCUT2D eigenvalue weighted by atomic mass is 10.1. The fourth-order valence-electron chi connectivity index (χ4n) is 1.88. The Morgan fingerprint density at radius 2 is 1.75 bits per heavy atom. The first-order chi connectivity index (χ1) is 9.21. The van der Waals surface area contributed by atoms with E-state index in [9.17, 15) is 9.59 Å². The average molecular weight is 285 g/mol. The van der Waals surface area contributed by atoms with Crippen LogP contribution in [0.2, 0.25) is 0 Å². The molecule has 1 amide bonds. The van der Waals surface area contributed by atoms with E-state index in [1.165, 1.54) is 0 Å². The normalized spacial score (nSPS) is 12.9. The fourth-order valence-corrected chi connectivity index (χ4v) is 1.88. The zero-order valence-electron chi connectivity index (χ0n) is 14.0. The maximum atomic E-state index is 12.2. The van der Waals surface area contributed by atoms with E-state index < -0.39 is 5.60 Å². The summed E-state index contributed by atoms with van der Waals surface area (Å²) in [7, 11) is 0. The zero-order chi connectivity index (χ0) is 15.8. The number of amides is 1. The maximum Gasteiger partial charge on any atom is 0.306 e. The molecule has 0 heterocycles. The van der Waals surface area contributed by atoms with Crippen LogP contribution in [0.4, 0.5) is 0 Å². The fraction of sp³-hybridized carbons (Fsp3) is 0.875. The lowest BCUT2D eigenvalue weighted by molar-refractivity contribution is -0.156. The molecule has 1 atom stereocenters. The molecule has 0 aliphatic carbocycles. The molecule has 0 rings (SSSR count). The van der Waals surface area contributed by atoms with Gasteiger partial charge < -0.3 is 9.64 Å². The van der Waals surface area contributed by atoms with Crippen LogP contribution in [0.25, 0.3) is 0 Å². The number of hydrogen-bond donors (Lipinski definition) is 0. The topological polar surface area (TPSA) is 46.6 Å². The molecule has 0 spiro atoms. The standard InChI is InChI=1S/C16H31NO3/c1-7-9-12-17(13(3)8-2)14(18)10-11-15(19)20-16(4,5)6/h13H,7-12H2,1-6H3. The van der Waals surface area contributed by atoms with Crippen LogP contribution in [0.5, 0.6) is 0 Å². The largest absolute Gasteiger partial charge is 0.460 e. The highest BCUT2D eigenvalue weighted by molar-refractivity contribution is 5.81. The predicted octanol–water partition coefficient (Wildman–Crippen LogP) is 3.54. The van der Waals surface area contributed by atoms with Crippen LogP contribution in [0, 0.1) is 0 Å². The third-order valence-electron chi connectivity index (χ3n) is 3.16. The van der Waals surface area contributed by atoms with Crippen molar-refractivity contribution in [1.29, 1.82) is 0 Å². The van der Waals surface area contributed by atoms with Crippen molar-refractivity contribution in [1.82, 2.24) is 4.90 Å². The summed E-state index contributed by atoms with van der Waals surface area (Å²) in [6.45, 7) is 12.5. The molecule has 4 nitrogen and oxygen atoms in total. The minimum absolute atomic E-state index is 0.0543. The summed E-state index contributed by atoms with van der Waals surface area (Å²) in [5.74, 6) is -0.246. The van der Waals surface area contributed by atoms with E-state index in [0.717, 1.165) is 25.8 Å². The molecule has 0 radical (unpaired) electrons. The average Bonchev–Trinajstić information content (AvgIpc) is 2.34. The second kappa shape index (κ2) is 8.98. The number of carbonyl (C=O) groups is 2. The monoisotopic (exact) mass is 285 g/mol. The van der Waals surface area contributed by atoms with Crippen molar-refractivity contribution in [2.45, 2.75) is 85.3 Å². The van der Waals surface area contributed by atoms with E-state index in [1.807, 2.05) is 25.7 Å². The Morgan fingerprint density at radius 3 is 2.20 bits per heavy atom. The van der Waals surface area contributed by atoms with Gasteiger partial charge in [0.15, 0.2) is 0 Å². The van der Waals surface area contributed by atoms with Crippen LogP contribution in [-0.2, 0) is 14.3 Å². The number of nitrogens with zero attached hydrogens (tertiary/aromatic N) is 1. The molecule has 20 heavy (non-hydrogen) atoms. The van der Waals surface area contributed by atoms with Gasteiger partial charge in [-0.25, -0.2) is 0 Å². The molecule has 1 unspecified atom stereocenters. The first-order valence-electron chi connectivity index (χ1n) is 7.72. The van der Waals surface area contributed by atoms with Gasteiger partial charge in [-0.3, -0.25) is 9.59 Å². The number of ether oxygens (including phenoxy) is 1. The van der Waals surface area contributed by atoms with Gasteiger partial charge in [-0.15, -0.1) is 0 Å². The van der Waals surface area contributed by atoms with Crippen LogP contribution in [0.1, 0.15) is 73.6 Å². The van der Waals surface area contributed by atoms with Gasteiger partial charge in [0, 0.05) is 19.0 Å². The predicted molar refractivity (Wildman–Crippen MR) is 81.5 cm³/mol. The third-order valence-corrected chi connectivity index (χ3v) is 3.16. The van der Waals surface area contributed by atoms with E-state index in [0.29, 0.717) is 0 Å². The second-order valence-electron chi connectivity index (χ2n) is 6.28. The Kier molecular flexibility index (Phi) is 8.51. The summed E-state index contributed by atoms with van der Waals surface area (Å²) in [5, 5.41) is 0. The third kappa shape index (κ3) is 8.18. The van der Waals surface area contributed by atoms with Crippen LogP contribution in [0.3, 0.4) is 0 Å². The van der Waals surface area contributed by atoms with Gasteiger partial charge >= 0.3 is 5.97 Å². The second-order valence-corrected chi connectivity index (χ2v) is 6.28. The SMILES string of the molecule is CCCCN(C(=O)CCC(=O)OC(C)(C)C)C(C)CC. The van der Waals surface area contributed by atoms with E-state index in [-0.39, 0.29) is 30.8 Å². The summed E-state index contributed by atoms with van der Waals surface area (Å²) in [5.41, 5.74) is -0.487. The van der Waals surface area contributed by atoms with Crippen molar-refractivity contribution in [3.8, 4) is 0 Å². The van der Waals surface area contributed by atoms with Crippen LogP contribution in [0.15, 0.2) is 0 Å². The minimum atomic E-state index is -0.487. The first-order valence-corrected chi connectivity index (χ1v) is 7.72. The molecular formula is C16H31NO3. The van der Waals surface area contributed by atoms with Crippen molar-refractivity contribution in [3.63, 3.8) is 0 Å². The number of rotatable bonds is 8. The molecular weight excluding hydrogens is 254 g/mol. The Labute approximate surface area is 123 Å². The number of unbranched alkanes of at least 4 members (excludes halogenated alkanes) is 1. The molecule has 0 saturated carbocycles. The Morgan fingerprint density at radius 1 is 1.15 bits per heavy atom. The van der Waals surface area contributed by atoms with Crippen molar-refractivity contribution >= 4 is 11.9 Å². The Bertz CT molecular complexity index is 307. The summed E-state index contributed by atoms with van der Waals surface area (Å²) in [4.78, 5) is 25.8. The number of carbonyl (C=O) groups excluding carboxylic acids is 2. The van der Waals surface area contributed by atoms with E-state index in [2.05, 4.69) is 20.8 Å². The molecule has 0 bridgehead atoms. The molecule has 118 valence electrons. The van der Waals surface area contributed by atoms with Crippen molar-refractivity contribution < 1.29 is 14.3 Å². The van der Waals surface area contributed by atoms with Gasteiger partial charge in [-0.1, -0.05) is 20.3 Å². The van der Waals surface area contributed by atoms with Gasteiger partial charge in [-0.05, 0) is 40.5 Å². The number of hydrogen-bond acceptors (Lipinski definition) is 3. The highest BCUT2D eigenvalue weighted by Crippen LogP contribution is 2.12. The molecule has 0 saturated heterocycles. The van der Waals surface area contributed by atoms with Gasteiger partial charge in [0.1, 0.15) is 5.60 Å². The van der Waals surface area contributed by atoms with E-state index in [1.54, 1.807) is 0 Å². The van der Waals surface area contributed by atoms with Crippen LogP contribution in [-0.4, -0.2) is 35.0 Å². The quantitative estimate of drug-likeness (QED) is 0.641. The molecule has 0 aromatic heterocycles. The molecule has 0 aromatic carbocycles. The van der Waals surface area contributed by atoms with Crippen molar-refractivity contribution in [2.75, 3.05) is 6.54 Å².